The lowest BCUT2D eigenvalue weighted by atomic mass is 10.2. The number of halogens is 1. The molecule has 7 heteroatoms. The first-order chi connectivity index (χ1) is 11.8. The Morgan fingerprint density at radius 1 is 1.12 bits per heavy atom. The van der Waals surface area contributed by atoms with Gasteiger partial charge in [0.2, 0.25) is 15.7 Å². The molecule has 2 N–H and O–H groups in total. The SMILES string of the molecule is CC(C)CNC(=O)CNc1ccc(I)cc1S(=O)(=O)c1ccccc1. The zero-order valence-corrected chi connectivity index (χ0v) is 17.1. The maximum Gasteiger partial charge on any atom is 0.239 e. The third-order valence-electron chi connectivity index (χ3n) is 3.43. The van der Waals surface area contributed by atoms with Gasteiger partial charge in [0, 0.05) is 10.1 Å². The second-order valence-electron chi connectivity index (χ2n) is 6.01. The summed E-state index contributed by atoms with van der Waals surface area (Å²) in [5.74, 6) is 0.187. The van der Waals surface area contributed by atoms with E-state index in [2.05, 4.69) is 33.2 Å². The van der Waals surface area contributed by atoms with E-state index in [1.165, 1.54) is 0 Å². The molecule has 0 aliphatic carbocycles. The van der Waals surface area contributed by atoms with Crippen LogP contribution in [0.1, 0.15) is 13.8 Å². The van der Waals surface area contributed by atoms with Crippen LogP contribution in [0.5, 0.6) is 0 Å². The second-order valence-corrected chi connectivity index (χ2v) is 9.17. The molecular weight excluding hydrogens is 451 g/mol. The van der Waals surface area contributed by atoms with E-state index in [1.807, 2.05) is 13.8 Å². The molecule has 2 aromatic rings. The van der Waals surface area contributed by atoms with Crippen molar-refractivity contribution in [3.63, 3.8) is 0 Å². The number of anilines is 1. The van der Waals surface area contributed by atoms with Crippen molar-refractivity contribution in [3.8, 4) is 0 Å². The summed E-state index contributed by atoms with van der Waals surface area (Å²) in [6, 6.07) is 13.4. The van der Waals surface area contributed by atoms with Crippen LogP contribution in [0.4, 0.5) is 5.69 Å². The number of hydrogen-bond donors (Lipinski definition) is 2. The number of carbonyl (C=O) groups excluding carboxylic acids is 1. The normalized spacial score (nSPS) is 11.4. The number of amides is 1. The minimum Gasteiger partial charge on any atom is -0.375 e. The highest BCUT2D eigenvalue weighted by Gasteiger charge is 2.21. The third-order valence-corrected chi connectivity index (χ3v) is 5.91. The zero-order chi connectivity index (χ0) is 18.4. The van der Waals surface area contributed by atoms with Gasteiger partial charge in [-0.15, -0.1) is 0 Å². The van der Waals surface area contributed by atoms with E-state index in [-0.39, 0.29) is 22.2 Å². The predicted molar refractivity (Wildman–Crippen MR) is 107 cm³/mol. The molecule has 0 saturated heterocycles. The Hall–Kier alpha value is -1.61. The Balaban J connectivity index is 2.25. The topological polar surface area (TPSA) is 75.3 Å². The molecule has 0 saturated carbocycles. The van der Waals surface area contributed by atoms with Gasteiger partial charge in [-0.2, -0.15) is 0 Å². The van der Waals surface area contributed by atoms with E-state index < -0.39 is 9.84 Å². The molecule has 134 valence electrons. The number of nitrogens with one attached hydrogen (secondary N) is 2. The van der Waals surface area contributed by atoms with Gasteiger partial charge in [0.15, 0.2) is 0 Å². The van der Waals surface area contributed by atoms with Crippen molar-refractivity contribution in [2.24, 2.45) is 5.92 Å². The Morgan fingerprint density at radius 2 is 1.80 bits per heavy atom. The summed E-state index contributed by atoms with van der Waals surface area (Å²) in [5, 5.41) is 5.75. The van der Waals surface area contributed by atoms with Crippen LogP contribution in [0, 0.1) is 9.49 Å². The standard InChI is InChI=1S/C18H21IN2O3S/c1-13(2)11-21-18(22)12-20-16-9-8-14(19)10-17(16)25(23,24)15-6-4-3-5-7-15/h3-10,13,20H,11-12H2,1-2H3,(H,21,22). The smallest absolute Gasteiger partial charge is 0.239 e. The summed E-state index contributed by atoms with van der Waals surface area (Å²) in [6.07, 6.45) is 0. The van der Waals surface area contributed by atoms with Crippen molar-refractivity contribution in [3.05, 3.63) is 52.1 Å². The van der Waals surface area contributed by atoms with Gasteiger partial charge in [-0.05, 0) is 58.8 Å². The fourth-order valence-electron chi connectivity index (χ4n) is 2.15. The summed E-state index contributed by atoms with van der Waals surface area (Å²) < 4.78 is 26.7. The van der Waals surface area contributed by atoms with Crippen LogP contribution in [0.25, 0.3) is 0 Å². The molecule has 5 nitrogen and oxygen atoms in total. The van der Waals surface area contributed by atoms with Crippen LogP contribution in [0.2, 0.25) is 0 Å². The Morgan fingerprint density at radius 3 is 2.44 bits per heavy atom. The van der Waals surface area contributed by atoms with Gasteiger partial charge in [-0.1, -0.05) is 32.0 Å². The van der Waals surface area contributed by atoms with Gasteiger partial charge in [-0.25, -0.2) is 8.42 Å². The highest BCUT2D eigenvalue weighted by atomic mass is 127. The van der Waals surface area contributed by atoms with E-state index in [0.29, 0.717) is 18.2 Å². The summed E-state index contributed by atoms with van der Waals surface area (Å²) in [7, 11) is -3.66. The molecule has 0 radical (unpaired) electrons. The lowest BCUT2D eigenvalue weighted by molar-refractivity contribution is -0.119. The molecule has 0 heterocycles. The number of rotatable bonds is 7. The van der Waals surface area contributed by atoms with Crippen molar-refractivity contribution >= 4 is 44.0 Å². The molecule has 2 rings (SSSR count). The lowest BCUT2D eigenvalue weighted by Gasteiger charge is -2.14. The van der Waals surface area contributed by atoms with E-state index in [9.17, 15) is 13.2 Å². The maximum absolute atomic E-state index is 12.9. The molecule has 0 unspecified atom stereocenters. The van der Waals surface area contributed by atoms with Crippen LogP contribution < -0.4 is 10.6 Å². The number of hydrogen-bond acceptors (Lipinski definition) is 4. The van der Waals surface area contributed by atoms with E-state index in [0.717, 1.165) is 3.57 Å². The average Bonchev–Trinajstić information content (AvgIpc) is 2.59. The number of benzene rings is 2. The quantitative estimate of drug-likeness (QED) is 0.607. The van der Waals surface area contributed by atoms with Gasteiger partial charge in [0.05, 0.1) is 22.0 Å². The first-order valence-electron chi connectivity index (χ1n) is 7.91. The van der Waals surface area contributed by atoms with Gasteiger partial charge in [0.1, 0.15) is 0 Å². The van der Waals surface area contributed by atoms with E-state index >= 15 is 0 Å². The van der Waals surface area contributed by atoms with Crippen LogP contribution in [0.15, 0.2) is 58.3 Å². The lowest BCUT2D eigenvalue weighted by Crippen LogP contribution is -2.32. The van der Waals surface area contributed by atoms with Crippen molar-refractivity contribution < 1.29 is 13.2 Å². The van der Waals surface area contributed by atoms with Gasteiger partial charge in [0.25, 0.3) is 0 Å². The first-order valence-corrected chi connectivity index (χ1v) is 10.5. The zero-order valence-electron chi connectivity index (χ0n) is 14.1. The van der Waals surface area contributed by atoms with Crippen LogP contribution >= 0.6 is 22.6 Å². The minimum atomic E-state index is -3.66. The molecule has 1 amide bonds. The Labute approximate surface area is 162 Å². The minimum absolute atomic E-state index is 0.0185. The summed E-state index contributed by atoms with van der Waals surface area (Å²) >= 11 is 2.07. The van der Waals surface area contributed by atoms with E-state index in [1.54, 1.807) is 48.5 Å². The average molecular weight is 472 g/mol. The molecule has 2 aromatic carbocycles. The maximum atomic E-state index is 12.9. The number of sulfone groups is 1. The van der Waals surface area contributed by atoms with Crippen molar-refractivity contribution in [1.29, 1.82) is 0 Å². The molecule has 0 atom stereocenters. The summed E-state index contributed by atoms with van der Waals surface area (Å²) in [5.41, 5.74) is 0.420. The van der Waals surface area contributed by atoms with Crippen LogP contribution in [-0.4, -0.2) is 27.4 Å². The van der Waals surface area contributed by atoms with Crippen molar-refractivity contribution in [2.75, 3.05) is 18.4 Å². The first kappa shape index (κ1) is 19.7. The van der Waals surface area contributed by atoms with Gasteiger partial charge in [-0.3, -0.25) is 4.79 Å². The van der Waals surface area contributed by atoms with E-state index in [4.69, 9.17) is 0 Å². The Bertz CT molecular complexity index is 837. The highest BCUT2D eigenvalue weighted by molar-refractivity contribution is 14.1. The van der Waals surface area contributed by atoms with Crippen LogP contribution in [-0.2, 0) is 14.6 Å². The molecule has 0 aliphatic rings. The molecule has 0 aliphatic heterocycles. The molecule has 0 aromatic heterocycles. The van der Waals surface area contributed by atoms with Gasteiger partial charge < -0.3 is 10.6 Å². The monoisotopic (exact) mass is 472 g/mol. The second kappa shape index (κ2) is 8.66. The highest BCUT2D eigenvalue weighted by Crippen LogP contribution is 2.29. The number of carbonyl (C=O) groups is 1. The molecule has 0 fully saturated rings. The van der Waals surface area contributed by atoms with Gasteiger partial charge >= 0.3 is 0 Å². The molecule has 25 heavy (non-hydrogen) atoms. The van der Waals surface area contributed by atoms with Crippen molar-refractivity contribution in [1.82, 2.24) is 5.32 Å². The fraction of sp³-hybridized carbons (Fsp3) is 0.278. The fourth-order valence-corrected chi connectivity index (χ4v) is 4.33. The Kier molecular flexibility index (Phi) is 6.83. The third kappa shape index (κ3) is 5.43. The molecular formula is C18H21IN2O3S. The van der Waals surface area contributed by atoms with Crippen molar-refractivity contribution in [2.45, 2.75) is 23.6 Å². The largest absolute Gasteiger partial charge is 0.375 e. The molecule has 0 bridgehead atoms. The molecule has 0 spiro atoms. The predicted octanol–water partition coefficient (Wildman–Crippen LogP) is 3.31. The van der Waals surface area contributed by atoms with Crippen LogP contribution in [0.3, 0.4) is 0 Å². The summed E-state index contributed by atoms with van der Waals surface area (Å²) in [6.45, 7) is 4.63. The summed E-state index contributed by atoms with van der Waals surface area (Å²) in [4.78, 5) is 12.3.